The Bertz CT molecular complexity index is 936. The molecule has 0 atom stereocenters. The van der Waals surface area contributed by atoms with Gasteiger partial charge in [0.05, 0.1) is 10.4 Å². The molecule has 0 fully saturated rings. The molecule has 4 rings (SSSR count). The van der Waals surface area contributed by atoms with Crippen molar-refractivity contribution in [3.05, 3.63) is 54.7 Å². The summed E-state index contributed by atoms with van der Waals surface area (Å²) >= 11 is 1.53. The molecule has 0 aliphatic heterocycles. The molecule has 0 unspecified atom stereocenters. The lowest BCUT2D eigenvalue weighted by Crippen LogP contribution is -1.89. The molecule has 0 aliphatic carbocycles. The van der Waals surface area contributed by atoms with E-state index in [1.165, 1.54) is 23.6 Å². The van der Waals surface area contributed by atoms with Gasteiger partial charge >= 0.3 is 0 Å². The number of halogens is 1. The summed E-state index contributed by atoms with van der Waals surface area (Å²) in [6.07, 6.45) is 3.15. The van der Waals surface area contributed by atoms with Crippen molar-refractivity contribution in [2.45, 2.75) is 0 Å². The first-order chi connectivity index (χ1) is 11.2. The Morgan fingerprint density at radius 2 is 1.70 bits per heavy atom. The summed E-state index contributed by atoms with van der Waals surface area (Å²) in [5.41, 5.74) is 8.59. The van der Waals surface area contributed by atoms with Crippen LogP contribution in [0.5, 0.6) is 0 Å². The molecule has 0 aromatic carbocycles. The summed E-state index contributed by atoms with van der Waals surface area (Å²) in [4.78, 5) is 16.8. The molecule has 4 heterocycles. The summed E-state index contributed by atoms with van der Waals surface area (Å²) in [6.45, 7) is 0. The van der Waals surface area contributed by atoms with Crippen LogP contribution in [0.4, 0.5) is 10.2 Å². The van der Waals surface area contributed by atoms with Crippen molar-refractivity contribution in [1.82, 2.24) is 19.9 Å². The fourth-order valence-electron chi connectivity index (χ4n) is 2.16. The van der Waals surface area contributed by atoms with Gasteiger partial charge in [0.15, 0.2) is 5.65 Å². The first-order valence-corrected chi connectivity index (χ1v) is 7.62. The zero-order valence-electron chi connectivity index (χ0n) is 11.8. The molecule has 0 bridgehead atoms. The Hall–Kier alpha value is -2.93. The Morgan fingerprint density at radius 3 is 2.43 bits per heavy atom. The first kappa shape index (κ1) is 13.7. The van der Waals surface area contributed by atoms with Gasteiger partial charge < -0.3 is 5.73 Å². The Balaban J connectivity index is 1.77. The number of nitrogens with zero attached hydrogens (tertiary/aromatic N) is 4. The fraction of sp³-hybridized carbons (Fsp3) is 0. The lowest BCUT2D eigenvalue weighted by Gasteiger charge is -1.99. The van der Waals surface area contributed by atoms with E-state index in [2.05, 4.69) is 19.9 Å². The fourth-order valence-corrected chi connectivity index (χ4v) is 3.06. The SMILES string of the molecule is Nc1ccc(-c2nc3nc(-c4ccc(F)nc4)ccc3s2)cn1. The molecule has 4 aromatic heterocycles. The second-order valence-corrected chi connectivity index (χ2v) is 5.91. The van der Waals surface area contributed by atoms with Crippen molar-refractivity contribution in [2.24, 2.45) is 0 Å². The maximum atomic E-state index is 12.9. The van der Waals surface area contributed by atoms with E-state index in [1.807, 2.05) is 18.2 Å². The van der Waals surface area contributed by atoms with E-state index in [0.29, 0.717) is 17.2 Å². The standard InChI is InChI=1S/C16H10FN5S/c17-13-5-1-9(7-19-13)11-3-4-12-15(21-11)22-16(23-12)10-2-6-14(18)20-8-10/h1-8H,(H2,18,20). The molecule has 0 radical (unpaired) electrons. The average molecular weight is 323 g/mol. The van der Waals surface area contributed by atoms with Crippen LogP contribution in [0.25, 0.3) is 32.2 Å². The number of hydrogen-bond acceptors (Lipinski definition) is 6. The van der Waals surface area contributed by atoms with Gasteiger partial charge in [-0.1, -0.05) is 0 Å². The van der Waals surface area contributed by atoms with E-state index < -0.39 is 5.95 Å². The summed E-state index contributed by atoms with van der Waals surface area (Å²) in [5.74, 6) is -0.0410. The second-order valence-electron chi connectivity index (χ2n) is 4.88. The third-order valence-corrected chi connectivity index (χ3v) is 4.37. The molecule has 0 spiro atoms. The summed E-state index contributed by atoms with van der Waals surface area (Å²) in [7, 11) is 0. The van der Waals surface area contributed by atoms with Crippen molar-refractivity contribution < 1.29 is 4.39 Å². The minimum absolute atomic E-state index is 0.471. The monoisotopic (exact) mass is 323 g/mol. The van der Waals surface area contributed by atoms with Crippen LogP contribution in [0.1, 0.15) is 0 Å². The highest BCUT2D eigenvalue weighted by Crippen LogP contribution is 2.30. The van der Waals surface area contributed by atoms with Crippen LogP contribution in [0, 0.1) is 5.95 Å². The Kier molecular flexibility index (Phi) is 3.20. The summed E-state index contributed by atoms with van der Waals surface area (Å²) in [5, 5.41) is 0.828. The highest BCUT2D eigenvalue weighted by molar-refractivity contribution is 7.21. The lowest BCUT2D eigenvalue weighted by molar-refractivity contribution is 0.584. The van der Waals surface area contributed by atoms with Gasteiger partial charge in [0.25, 0.3) is 0 Å². The van der Waals surface area contributed by atoms with E-state index in [1.54, 1.807) is 18.3 Å². The lowest BCUT2D eigenvalue weighted by atomic mass is 10.2. The number of pyridine rings is 3. The van der Waals surface area contributed by atoms with Crippen molar-refractivity contribution in [1.29, 1.82) is 0 Å². The Labute approximate surface area is 134 Å². The molecule has 112 valence electrons. The van der Waals surface area contributed by atoms with Crippen LogP contribution in [0.2, 0.25) is 0 Å². The molecule has 4 aromatic rings. The van der Waals surface area contributed by atoms with Crippen LogP contribution in [0.15, 0.2) is 48.8 Å². The Morgan fingerprint density at radius 1 is 0.870 bits per heavy atom. The maximum Gasteiger partial charge on any atom is 0.212 e. The quantitative estimate of drug-likeness (QED) is 0.571. The van der Waals surface area contributed by atoms with E-state index in [9.17, 15) is 4.39 Å². The minimum atomic E-state index is -0.512. The highest BCUT2D eigenvalue weighted by atomic mass is 32.1. The molecule has 0 aliphatic rings. The van der Waals surface area contributed by atoms with Crippen LogP contribution >= 0.6 is 11.3 Å². The molecule has 5 nitrogen and oxygen atoms in total. The molecule has 23 heavy (non-hydrogen) atoms. The predicted molar refractivity (Wildman–Crippen MR) is 88.2 cm³/mol. The van der Waals surface area contributed by atoms with Crippen molar-refractivity contribution in [3.63, 3.8) is 0 Å². The topological polar surface area (TPSA) is 77.6 Å². The minimum Gasteiger partial charge on any atom is -0.384 e. The number of rotatable bonds is 2. The van der Waals surface area contributed by atoms with Gasteiger partial charge in [-0.15, -0.1) is 11.3 Å². The molecule has 0 saturated heterocycles. The number of thiazole rings is 1. The molecule has 0 saturated carbocycles. The summed E-state index contributed by atoms with van der Waals surface area (Å²) in [6, 6.07) is 10.4. The van der Waals surface area contributed by atoms with Gasteiger partial charge in [0.2, 0.25) is 5.95 Å². The molecule has 7 heteroatoms. The predicted octanol–water partition coefficient (Wildman–Crippen LogP) is 3.54. The van der Waals surface area contributed by atoms with Crippen molar-refractivity contribution in [3.8, 4) is 21.8 Å². The maximum absolute atomic E-state index is 12.9. The van der Waals surface area contributed by atoms with Crippen LogP contribution in [0.3, 0.4) is 0 Å². The zero-order valence-corrected chi connectivity index (χ0v) is 12.6. The average Bonchev–Trinajstić information content (AvgIpc) is 2.99. The van der Waals surface area contributed by atoms with E-state index in [0.717, 1.165) is 20.8 Å². The van der Waals surface area contributed by atoms with Gasteiger partial charge in [0, 0.05) is 23.5 Å². The van der Waals surface area contributed by atoms with E-state index in [4.69, 9.17) is 5.73 Å². The van der Waals surface area contributed by atoms with E-state index >= 15 is 0 Å². The molecule has 0 amide bonds. The number of aromatic nitrogens is 4. The smallest absolute Gasteiger partial charge is 0.212 e. The number of nitrogen functional groups attached to an aromatic ring is 1. The molecular weight excluding hydrogens is 313 g/mol. The third kappa shape index (κ3) is 2.62. The van der Waals surface area contributed by atoms with Crippen LogP contribution in [-0.4, -0.2) is 19.9 Å². The third-order valence-electron chi connectivity index (χ3n) is 3.31. The van der Waals surface area contributed by atoms with Gasteiger partial charge in [-0.25, -0.2) is 19.9 Å². The van der Waals surface area contributed by atoms with Crippen molar-refractivity contribution in [2.75, 3.05) is 5.73 Å². The highest BCUT2D eigenvalue weighted by Gasteiger charge is 2.09. The van der Waals surface area contributed by atoms with Crippen molar-refractivity contribution >= 4 is 27.5 Å². The van der Waals surface area contributed by atoms with E-state index in [-0.39, 0.29) is 0 Å². The van der Waals surface area contributed by atoms with Gasteiger partial charge in [0.1, 0.15) is 10.8 Å². The normalized spacial score (nSPS) is 11.0. The first-order valence-electron chi connectivity index (χ1n) is 6.80. The summed E-state index contributed by atoms with van der Waals surface area (Å²) < 4.78 is 13.9. The van der Waals surface area contributed by atoms with Crippen LogP contribution in [-0.2, 0) is 0 Å². The van der Waals surface area contributed by atoms with Gasteiger partial charge in [-0.3, -0.25) is 0 Å². The second kappa shape index (κ2) is 5.36. The largest absolute Gasteiger partial charge is 0.384 e. The van der Waals surface area contributed by atoms with Gasteiger partial charge in [-0.05, 0) is 36.4 Å². The number of fused-ring (bicyclic) bond motifs is 1. The van der Waals surface area contributed by atoms with Crippen LogP contribution < -0.4 is 5.73 Å². The molecular formula is C16H10FN5S. The van der Waals surface area contributed by atoms with Gasteiger partial charge in [-0.2, -0.15) is 4.39 Å². The number of anilines is 1. The number of hydrogen-bond donors (Lipinski definition) is 1. The molecule has 2 N–H and O–H groups in total. The zero-order chi connectivity index (χ0) is 15.8. The number of nitrogens with two attached hydrogens (primary N) is 1.